The zero-order chi connectivity index (χ0) is 14.7. The molecule has 20 heavy (non-hydrogen) atoms. The molecule has 1 unspecified atom stereocenters. The molecule has 0 bridgehead atoms. The highest BCUT2D eigenvalue weighted by Gasteiger charge is 2.13. The smallest absolute Gasteiger partial charge is 0.283 e. The Bertz CT molecular complexity index is 637. The third-order valence-corrected chi connectivity index (χ3v) is 3.87. The van der Waals surface area contributed by atoms with E-state index >= 15 is 0 Å². The predicted molar refractivity (Wildman–Crippen MR) is 85.1 cm³/mol. The van der Waals surface area contributed by atoms with E-state index in [0.717, 1.165) is 5.56 Å². The third-order valence-electron chi connectivity index (χ3n) is 3.10. The SMILES string of the molecule is CC(Nc1cnn(C(C)C)c(=O)c1Br)c1ccccc1. The molecule has 0 saturated heterocycles. The van der Waals surface area contributed by atoms with Crippen molar-refractivity contribution in [2.24, 2.45) is 0 Å². The Balaban J connectivity index is 2.27. The lowest BCUT2D eigenvalue weighted by molar-refractivity contribution is 0.501. The summed E-state index contributed by atoms with van der Waals surface area (Å²) in [6.07, 6.45) is 1.69. The first-order chi connectivity index (χ1) is 9.50. The minimum absolute atomic E-state index is 0.0411. The molecule has 0 aliphatic rings. The maximum Gasteiger partial charge on any atom is 0.283 e. The fraction of sp³-hybridized carbons (Fsp3) is 0.333. The average Bonchev–Trinajstić information content (AvgIpc) is 2.44. The molecule has 2 rings (SSSR count). The van der Waals surface area contributed by atoms with Gasteiger partial charge >= 0.3 is 0 Å². The summed E-state index contributed by atoms with van der Waals surface area (Å²) in [7, 11) is 0. The van der Waals surface area contributed by atoms with Crippen molar-refractivity contribution in [1.29, 1.82) is 0 Å². The van der Waals surface area contributed by atoms with E-state index < -0.39 is 0 Å². The second-order valence-corrected chi connectivity index (χ2v) is 5.79. The first-order valence-corrected chi connectivity index (χ1v) is 7.38. The normalized spacial score (nSPS) is 12.4. The van der Waals surface area contributed by atoms with Gasteiger partial charge in [0.25, 0.3) is 5.56 Å². The molecule has 4 nitrogen and oxygen atoms in total. The van der Waals surface area contributed by atoms with E-state index in [0.29, 0.717) is 10.2 Å². The van der Waals surface area contributed by atoms with Crippen molar-refractivity contribution in [3.63, 3.8) is 0 Å². The summed E-state index contributed by atoms with van der Waals surface area (Å²) in [5.74, 6) is 0. The summed E-state index contributed by atoms with van der Waals surface area (Å²) in [4.78, 5) is 12.2. The number of benzene rings is 1. The maximum absolute atomic E-state index is 12.2. The summed E-state index contributed by atoms with van der Waals surface area (Å²) in [5, 5.41) is 7.51. The van der Waals surface area contributed by atoms with Crippen molar-refractivity contribution in [3.8, 4) is 0 Å². The Morgan fingerprint density at radius 1 is 1.20 bits per heavy atom. The van der Waals surface area contributed by atoms with Gasteiger partial charge in [0.1, 0.15) is 4.47 Å². The van der Waals surface area contributed by atoms with Gasteiger partial charge in [-0.15, -0.1) is 0 Å². The van der Waals surface area contributed by atoms with Gasteiger partial charge in [-0.2, -0.15) is 5.10 Å². The maximum atomic E-state index is 12.2. The van der Waals surface area contributed by atoms with Crippen LogP contribution >= 0.6 is 15.9 Å². The number of halogens is 1. The minimum atomic E-state index is -0.120. The number of nitrogens with zero attached hydrogens (tertiary/aromatic N) is 2. The summed E-state index contributed by atoms with van der Waals surface area (Å²) in [6, 6.07) is 10.2. The van der Waals surface area contributed by atoms with Crippen molar-refractivity contribution in [2.75, 3.05) is 5.32 Å². The quantitative estimate of drug-likeness (QED) is 0.925. The number of nitrogens with one attached hydrogen (secondary N) is 1. The van der Waals surface area contributed by atoms with Crippen LogP contribution in [0.15, 0.2) is 45.8 Å². The third kappa shape index (κ3) is 3.10. The van der Waals surface area contributed by atoms with Crippen LogP contribution in [0.5, 0.6) is 0 Å². The van der Waals surface area contributed by atoms with Gasteiger partial charge in [0.2, 0.25) is 0 Å². The van der Waals surface area contributed by atoms with E-state index in [-0.39, 0.29) is 17.6 Å². The van der Waals surface area contributed by atoms with E-state index in [1.165, 1.54) is 4.68 Å². The number of aromatic nitrogens is 2. The first-order valence-electron chi connectivity index (χ1n) is 6.59. The van der Waals surface area contributed by atoms with Crippen molar-refractivity contribution in [2.45, 2.75) is 32.9 Å². The molecule has 2 aromatic rings. The summed E-state index contributed by atoms with van der Waals surface area (Å²) >= 11 is 3.36. The lowest BCUT2D eigenvalue weighted by Gasteiger charge is -2.17. The summed E-state index contributed by atoms with van der Waals surface area (Å²) < 4.78 is 1.98. The van der Waals surface area contributed by atoms with Crippen LogP contribution in [0.25, 0.3) is 0 Å². The van der Waals surface area contributed by atoms with E-state index in [4.69, 9.17) is 0 Å². The lowest BCUT2D eigenvalue weighted by atomic mass is 10.1. The van der Waals surface area contributed by atoms with Crippen LogP contribution in [0.1, 0.15) is 38.4 Å². The minimum Gasteiger partial charge on any atom is -0.376 e. The van der Waals surface area contributed by atoms with Crippen molar-refractivity contribution in [1.82, 2.24) is 9.78 Å². The molecule has 1 N–H and O–H groups in total. The predicted octanol–water partition coefficient (Wildman–Crippen LogP) is 3.76. The Labute approximate surface area is 127 Å². The van der Waals surface area contributed by atoms with E-state index in [1.807, 2.05) is 44.2 Å². The van der Waals surface area contributed by atoms with Gasteiger partial charge in [0.05, 0.1) is 17.9 Å². The van der Waals surface area contributed by atoms with E-state index in [2.05, 4.69) is 33.3 Å². The fourth-order valence-electron chi connectivity index (χ4n) is 1.97. The molecule has 1 atom stereocenters. The molecule has 5 heteroatoms. The van der Waals surface area contributed by atoms with Gasteiger partial charge in [-0.25, -0.2) is 4.68 Å². The number of hydrogen-bond acceptors (Lipinski definition) is 3. The van der Waals surface area contributed by atoms with Crippen LogP contribution in [0.4, 0.5) is 5.69 Å². The highest BCUT2D eigenvalue weighted by Crippen LogP contribution is 2.23. The lowest BCUT2D eigenvalue weighted by Crippen LogP contribution is -2.26. The van der Waals surface area contributed by atoms with Gasteiger partial charge in [-0.3, -0.25) is 4.79 Å². The Morgan fingerprint density at radius 2 is 1.85 bits per heavy atom. The van der Waals surface area contributed by atoms with Gasteiger partial charge in [-0.1, -0.05) is 30.3 Å². The second-order valence-electron chi connectivity index (χ2n) is 4.99. The van der Waals surface area contributed by atoms with Crippen molar-refractivity contribution >= 4 is 21.6 Å². The van der Waals surface area contributed by atoms with Gasteiger partial charge in [0.15, 0.2) is 0 Å². The molecule has 0 aliphatic carbocycles. The molecular formula is C15H18BrN3O. The van der Waals surface area contributed by atoms with Crippen LogP contribution in [0.3, 0.4) is 0 Å². The van der Waals surface area contributed by atoms with E-state index in [1.54, 1.807) is 6.20 Å². The first kappa shape index (κ1) is 14.8. The molecule has 0 spiro atoms. The Morgan fingerprint density at radius 3 is 2.45 bits per heavy atom. The Kier molecular flexibility index (Phi) is 4.60. The summed E-state index contributed by atoms with van der Waals surface area (Å²) in [5.41, 5.74) is 1.75. The zero-order valence-electron chi connectivity index (χ0n) is 11.8. The Hall–Kier alpha value is -1.62. The summed E-state index contributed by atoms with van der Waals surface area (Å²) in [6.45, 7) is 5.91. The second kappa shape index (κ2) is 6.22. The van der Waals surface area contributed by atoms with Crippen LogP contribution in [0, 0.1) is 0 Å². The van der Waals surface area contributed by atoms with Gasteiger partial charge in [-0.05, 0) is 42.3 Å². The van der Waals surface area contributed by atoms with Crippen LogP contribution < -0.4 is 10.9 Å². The highest BCUT2D eigenvalue weighted by molar-refractivity contribution is 9.10. The molecule has 1 aromatic carbocycles. The van der Waals surface area contributed by atoms with Gasteiger partial charge < -0.3 is 5.32 Å². The number of hydrogen-bond donors (Lipinski definition) is 1. The topological polar surface area (TPSA) is 46.9 Å². The average molecular weight is 336 g/mol. The van der Waals surface area contributed by atoms with Crippen LogP contribution in [-0.4, -0.2) is 9.78 Å². The number of anilines is 1. The van der Waals surface area contributed by atoms with Gasteiger partial charge in [0, 0.05) is 6.04 Å². The monoisotopic (exact) mass is 335 g/mol. The van der Waals surface area contributed by atoms with Crippen LogP contribution in [-0.2, 0) is 0 Å². The standard InChI is InChI=1S/C15H18BrN3O/c1-10(2)19-15(20)14(16)13(9-17-19)18-11(3)12-7-5-4-6-8-12/h4-11,18H,1-3H3. The van der Waals surface area contributed by atoms with Crippen molar-refractivity contribution in [3.05, 3.63) is 56.9 Å². The molecular weight excluding hydrogens is 318 g/mol. The number of rotatable bonds is 4. The fourth-order valence-corrected chi connectivity index (χ4v) is 2.37. The largest absolute Gasteiger partial charge is 0.376 e. The van der Waals surface area contributed by atoms with Crippen LogP contribution in [0.2, 0.25) is 0 Å². The molecule has 0 fully saturated rings. The molecule has 0 amide bonds. The van der Waals surface area contributed by atoms with E-state index in [9.17, 15) is 4.79 Å². The molecule has 0 aliphatic heterocycles. The highest BCUT2D eigenvalue weighted by atomic mass is 79.9. The molecule has 1 aromatic heterocycles. The molecule has 0 radical (unpaired) electrons. The molecule has 106 valence electrons. The molecule has 1 heterocycles. The zero-order valence-corrected chi connectivity index (χ0v) is 13.4. The van der Waals surface area contributed by atoms with Crippen molar-refractivity contribution < 1.29 is 0 Å². The molecule has 0 saturated carbocycles.